The molecule has 5 heteroatoms. The average molecular weight is 354 g/mol. The van der Waals surface area contributed by atoms with Crippen LogP contribution in [0.4, 0.5) is 0 Å². The van der Waals surface area contributed by atoms with E-state index in [1.807, 2.05) is 68.6 Å². The van der Waals surface area contributed by atoms with Crippen molar-refractivity contribution in [1.29, 1.82) is 0 Å². The quantitative estimate of drug-likeness (QED) is 0.404. The number of pyridine rings is 1. The van der Waals surface area contributed by atoms with Crippen LogP contribution in [0.2, 0.25) is 0 Å². The van der Waals surface area contributed by atoms with Crippen molar-refractivity contribution < 1.29 is 4.79 Å². The second-order valence-corrected chi connectivity index (χ2v) is 6.42. The molecule has 0 bridgehead atoms. The highest BCUT2D eigenvalue weighted by Crippen LogP contribution is 2.19. The lowest BCUT2D eigenvalue weighted by Gasteiger charge is -2.03. The Bertz CT molecular complexity index is 1150. The predicted octanol–water partition coefficient (Wildman–Crippen LogP) is 4.33. The first-order valence-electron chi connectivity index (χ1n) is 8.68. The van der Waals surface area contributed by atoms with Crippen molar-refractivity contribution in [3.05, 3.63) is 89.5 Å². The molecular weight excluding hydrogens is 336 g/mol. The number of rotatable bonds is 4. The minimum absolute atomic E-state index is 0.182. The zero-order valence-corrected chi connectivity index (χ0v) is 15.1. The van der Waals surface area contributed by atoms with Gasteiger partial charge in [-0.05, 0) is 43.5 Å². The fraction of sp³-hybridized carbons (Fsp3) is 0.0909. The Morgan fingerprint density at radius 1 is 1.00 bits per heavy atom. The monoisotopic (exact) mass is 354 g/mol. The zero-order chi connectivity index (χ0) is 18.8. The van der Waals surface area contributed by atoms with Gasteiger partial charge < -0.3 is 0 Å². The maximum Gasteiger partial charge on any atom is 0.208 e. The molecule has 0 atom stereocenters. The molecule has 132 valence electrons. The molecule has 2 heterocycles. The van der Waals surface area contributed by atoms with Gasteiger partial charge in [-0.25, -0.2) is 4.68 Å². The van der Waals surface area contributed by atoms with E-state index >= 15 is 0 Å². The van der Waals surface area contributed by atoms with Gasteiger partial charge in [0.2, 0.25) is 5.78 Å². The van der Waals surface area contributed by atoms with E-state index in [0.29, 0.717) is 11.4 Å². The smallest absolute Gasteiger partial charge is 0.208 e. The minimum Gasteiger partial charge on any atom is -0.287 e. The van der Waals surface area contributed by atoms with Crippen LogP contribution in [0, 0.1) is 13.8 Å². The summed E-state index contributed by atoms with van der Waals surface area (Å²) >= 11 is 0. The highest BCUT2D eigenvalue weighted by molar-refractivity contribution is 6.07. The maximum atomic E-state index is 12.7. The molecule has 27 heavy (non-hydrogen) atoms. The molecule has 2 aromatic heterocycles. The van der Waals surface area contributed by atoms with Crippen molar-refractivity contribution >= 4 is 22.6 Å². The van der Waals surface area contributed by atoms with Gasteiger partial charge >= 0.3 is 0 Å². The van der Waals surface area contributed by atoms with E-state index in [9.17, 15) is 4.79 Å². The van der Waals surface area contributed by atoms with Gasteiger partial charge in [0.25, 0.3) is 0 Å². The first-order valence-corrected chi connectivity index (χ1v) is 8.68. The third kappa shape index (κ3) is 3.27. The van der Waals surface area contributed by atoms with Crippen molar-refractivity contribution in [3.8, 4) is 5.69 Å². The molecule has 2 aromatic carbocycles. The third-order valence-corrected chi connectivity index (χ3v) is 4.52. The number of carbonyl (C=O) groups excluding carboxylic acids is 1. The molecule has 0 spiro atoms. The lowest BCUT2D eigenvalue weighted by atomic mass is 10.1. The van der Waals surface area contributed by atoms with Gasteiger partial charge in [-0.2, -0.15) is 0 Å². The van der Waals surface area contributed by atoms with Gasteiger partial charge in [0.05, 0.1) is 11.4 Å². The first-order chi connectivity index (χ1) is 13.1. The van der Waals surface area contributed by atoms with Gasteiger partial charge in [0.1, 0.15) is 0 Å². The number of hydrogen-bond donors (Lipinski definition) is 0. The number of hydrogen-bond acceptors (Lipinski definition) is 4. The molecule has 0 aliphatic heterocycles. The van der Waals surface area contributed by atoms with E-state index in [2.05, 4.69) is 15.3 Å². The van der Waals surface area contributed by atoms with E-state index in [-0.39, 0.29) is 5.78 Å². The highest BCUT2D eigenvalue weighted by atomic mass is 16.1. The lowest BCUT2D eigenvalue weighted by molar-refractivity contribution is 0.104. The molecule has 0 unspecified atom stereocenters. The maximum absolute atomic E-state index is 12.7. The third-order valence-electron chi connectivity index (χ3n) is 4.52. The van der Waals surface area contributed by atoms with E-state index in [1.165, 1.54) is 11.6 Å². The fourth-order valence-corrected chi connectivity index (χ4v) is 3.01. The van der Waals surface area contributed by atoms with Crippen molar-refractivity contribution in [2.24, 2.45) is 0 Å². The lowest BCUT2D eigenvalue weighted by Crippen LogP contribution is -2.02. The zero-order valence-electron chi connectivity index (χ0n) is 15.1. The second kappa shape index (κ2) is 6.96. The number of fused-ring (bicyclic) bond motifs is 1. The highest BCUT2D eigenvalue weighted by Gasteiger charge is 2.15. The number of carbonyl (C=O) groups is 1. The summed E-state index contributed by atoms with van der Waals surface area (Å²) in [5.74, 6) is -0.182. The average Bonchev–Trinajstić information content (AvgIpc) is 3.08. The fourth-order valence-electron chi connectivity index (χ4n) is 3.01. The molecule has 0 aliphatic rings. The number of aromatic nitrogens is 4. The number of ketones is 1. The summed E-state index contributed by atoms with van der Waals surface area (Å²) in [7, 11) is 0. The van der Waals surface area contributed by atoms with Crippen LogP contribution in [-0.2, 0) is 0 Å². The molecule has 4 aromatic rings. The van der Waals surface area contributed by atoms with Crippen LogP contribution >= 0.6 is 0 Å². The van der Waals surface area contributed by atoms with E-state index < -0.39 is 0 Å². The number of nitrogens with zero attached hydrogens (tertiary/aromatic N) is 4. The largest absolute Gasteiger partial charge is 0.287 e. The van der Waals surface area contributed by atoms with Gasteiger partial charge in [0, 0.05) is 23.3 Å². The van der Waals surface area contributed by atoms with Crippen molar-refractivity contribution in [1.82, 2.24) is 20.0 Å². The van der Waals surface area contributed by atoms with Gasteiger partial charge in [-0.3, -0.25) is 9.78 Å². The molecule has 0 N–H and O–H groups in total. The van der Waals surface area contributed by atoms with Crippen LogP contribution in [0.5, 0.6) is 0 Å². The Hall–Kier alpha value is -3.60. The van der Waals surface area contributed by atoms with Crippen LogP contribution in [0.1, 0.15) is 27.3 Å². The summed E-state index contributed by atoms with van der Waals surface area (Å²) < 4.78 is 1.68. The van der Waals surface area contributed by atoms with Gasteiger partial charge in [-0.1, -0.05) is 47.2 Å². The molecule has 0 fully saturated rings. The molecule has 4 rings (SSSR count). The van der Waals surface area contributed by atoms with Gasteiger partial charge in [0.15, 0.2) is 5.69 Å². The van der Waals surface area contributed by atoms with Crippen molar-refractivity contribution in [3.63, 3.8) is 0 Å². The minimum atomic E-state index is -0.182. The van der Waals surface area contributed by atoms with Crippen LogP contribution in [0.25, 0.3) is 22.5 Å². The van der Waals surface area contributed by atoms with E-state index in [1.54, 1.807) is 17.0 Å². The summed E-state index contributed by atoms with van der Waals surface area (Å²) in [4.78, 5) is 16.9. The standard InChI is InChI=1S/C22H18N4O/c1-15-7-10-19(11-8-15)26-16(2)22(24-25-26)21(27)12-9-18-14-23-13-17-5-3-4-6-20(17)18/h3-14H,1-2H3/b12-9+. The number of benzene rings is 2. The molecule has 0 aliphatic carbocycles. The molecular formula is C22H18N4O. The van der Waals surface area contributed by atoms with Crippen LogP contribution in [0.15, 0.2) is 67.0 Å². The van der Waals surface area contributed by atoms with E-state index in [4.69, 9.17) is 0 Å². The Morgan fingerprint density at radius 2 is 1.78 bits per heavy atom. The molecule has 0 saturated carbocycles. The van der Waals surface area contributed by atoms with Crippen molar-refractivity contribution in [2.45, 2.75) is 13.8 Å². The van der Waals surface area contributed by atoms with E-state index in [0.717, 1.165) is 22.0 Å². The molecule has 0 amide bonds. The summed E-state index contributed by atoms with van der Waals surface area (Å²) in [5, 5.41) is 10.3. The Morgan fingerprint density at radius 3 is 2.59 bits per heavy atom. The van der Waals surface area contributed by atoms with Crippen molar-refractivity contribution in [2.75, 3.05) is 0 Å². The molecule has 0 saturated heterocycles. The summed E-state index contributed by atoms with van der Waals surface area (Å²) in [5.41, 5.74) is 4.00. The van der Waals surface area contributed by atoms with Crippen LogP contribution < -0.4 is 0 Å². The Balaban J connectivity index is 1.64. The van der Waals surface area contributed by atoms with Gasteiger partial charge in [-0.15, -0.1) is 5.10 Å². The molecule has 5 nitrogen and oxygen atoms in total. The topological polar surface area (TPSA) is 60.7 Å². The number of allylic oxidation sites excluding steroid dienone is 1. The SMILES string of the molecule is Cc1ccc(-n2nnc(C(=O)/C=C/c3cncc4ccccc34)c2C)cc1. The summed E-state index contributed by atoms with van der Waals surface area (Å²) in [6, 6.07) is 15.9. The predicted molar refractivity (Wildman–Crippen MR) is 106 cm³/mol. The number of aryl methyl sites for hydroxylation is 1. The molecule has 0 radical (unpaired) electrons. The van der Waals surface area contributed by atoms with Crippen LogP contribution in [0.3, 0.4) is 0 Å². The Labute approximate surface area is 157 Å². The summed E-state index contributed by atoms with van der Waals surface area (Å²) in [6.07, 6.45) is 6.87. The first kappa shape index (κ1) is 16.8. The second-order valence-electron chi connectivity index (χ2n) is 6.42. The normalized spacial score (nSPS) is 11.3. The Kier molecular flexibility index (Phi) is 4.34. The van der Waals surface area contributed by atoms with Crippen LogP contribution in [-0.4, -0.2) is 25.8 Å². The summed E-state index contributed by atoms with van der Waals surface area (Å²) in [6.45, 7) is 3.88.